The standard InChI is InChI=1S/C18H29N3O4S/c1-12-8-13(10-19)11-21(12)17(22)14-6-7-15(25-5)16(9-14)26(23,24)20-18(2,3)4/h6-7,9,12-13,20H,8,10-11,19H2,1-5H3. The van der Waals surface area contributed by atoms with Crippen molar-refractivity contribution in [3.63, 3.8) is 0 Å². The van der Waals surface area contributed by atoms with Gasteiger partial charge in [0.2, 0.25) is 10.0 Å². The Bertz CT molecular complexity index is 771. The zero-order valence-electron chi connectivity index (χ0n) is 16.1. The molecule has 2 rings (SSSR count). The van der Waals surface area contributed by atoms with Gasteiger partial charge in [-0.25, -0.2) is 13.1 Å². The van der Waals surface area contributed by atoms with Crippen molar-refractivity contribution in [2.45, 2.75) is 50.6 Å². The van der Waals surface area contributed by atoms with Crippen LogP contribution in [0.3, 0.4) is 0 Å². The fourth-order valence-corrected chi connectivity index (χ4v) is 4.85. The van der Waals surface area contributed by atoms with Crippen LogP contribution < -0.4 is 15.2 Å². The molecule has 0 saturated carbocycles. The Morgan fingerprint density at radius 3 is 2.54 bits per heavy atom. The summed E-state index contributed by atoms with van der Waals surface area (Å²) in [6.07, 6.45) is 0.856. The van der Waals surface area contributed by atoms with Crippen LogP contribution in [0.25, 0.3) is 0 Å². The second-order valence-electron chi connectivity index (χ2n) is 7.87. The molecule has 7 nitrogen and oxygen atoms in total. The van der Waals surface area contributed by atoms with Crippen molar-refractivity contribution in [1.82, 2.24) is 9.62 Å². The number of amides is 1. The Hall–Kier alpha value is -1.64. The summed E-state index contributed by atoms with van der Waals surface area (Å²) in [5, 5.41) is 0. The first-order chi connectivity index (χ1) is 12.0. The summed E-state index contributed by atoms with van der Waals surface area (Å²) in [6, 6.07) is 4.58. The zero-order chi connectivity index (χ0) is 19.7. The topological polar surface area (TPSA) is 102 Å². The number of carbonyl (C=O) groups excluding carboxylic acids is 1. The van der Waals surface area contributed by atoms with E-state index in [0.717, 1.165) is 6.42 Å². The fraction of sp³-hybridized carbons (Fsp3) is 0.611. The van der Waals surface area contributed by atoms with Gasteiger partial charge in [-0.15, -0.1) is 0 Å². The lowest BCUT2D eigenvalue weighted by molar-refractivity contribution is 0.0743. The van der Waals surface area contributed by atoms with Crippen LogP contribution in [0, 0.1) is 5.92 Å². The van der Waals surface area contributed by atoms with Crippen LogP contribution in [0.15, 0.2) is 23.1 Å². The number of rotatable bonds is 5. The summed E-state index contributed by atoms with van der Waals surface area (Å²) in [5.41, 5.74) is 5.41. The molecule has 8 heteroatoms. The van der Waals surface area contributed by atoms with Gasteiger partial charge in [-0.2, -0.15) is 0 Å². The number of benzene rings is 1. The molecule has 0 aliphatic carbocycles. The SMILES string of the molecule is COc1ccc(C(=O)N2CC(CN)CC2C)cc1S(=O)(=O)NC(C)(C)C. The zero-order valence-corrected chi connectivity index (χ0v) is 16.9. The third kappa shape index (κ3) is 4.55. The quantitative estimate of drug-likeness (QED) is 0.804. The van der Waals surface area contributed by atoms with E-state index in [1.165, 1.54) is 19.2 Å². The van der Waals surface area contributed by atoms with Crippen LogP contribution in [0.4, 0.5) is 0 Å². The highest BCUT2D eigenvalue weighted by Crippen LogP contribution is 2.29. The number of sulfonamides is 1. The highest BCUT2D eigenvalue weighted by Gasteiger charge is 2.33. The van der Waals surface area contributed by atoms with E-state index < -0.39 is 15.6 Å². The fourth-order valence-electron chi connectivity index (χ4n) is 3.24. The van der Waals surface area contributed by atoms with Gasteiger partial charge in [0.25, 0.3) is 5.91 Å². The molecule has 1 heterocycles. The maximum atomic E-state index is 12.9. The van der Waals surface area contributed by atoms with Gasteiger partial charge in [0, 0.05) is 23.7 Å². The van der Waals surface area contributed by atoms with Gasteiger partial charge in [0.15, 0.2) is 0 Å². The average molecular weight is 384 g/mol. The van der Waals surface area contributed by atoms with Gasteiger partial charge in [-0.05, 0) is 64.8 Å². The molecule has 1 saturated heterocycles. The Kier molecular flexibility index (Phi) is 5.99. The Balaban J connectivity index is 2.39. The lowest BCUT2D eigenvalue weighted by Gasteiger charge is -2.23. The van der Waals surface area contributed by atoms with Crippen molar-refractivity contribution in [2.24, 2.45) is 11.7 Å². The first kappa shape index (κ1) is 20.7. The van der Waals surface area contributed by atoms with E-state index in [-0.39, 0.29) is 28.5 Å². The van der Waals surface area contributed by atoms with Crippen molar-refractivity contribution >= 4 is 15.9 Å². The van der Waals surface area contributed by atoms with E-state index in [1.54, 1.807) is 31.7 Å². The minimum Gasteiger partial charge on any atom is -0.495 e. The first-order valence-electron chi connectivity index (χ1n) is 8.71. The van der Waals surface area contributed by atoms with E-state index >= 15 is 0 Å². The maximum Gasteiger partial charge on any atom is 0.254 e. The van der Waals surface area contributed by atoms with Crippen LogP contribution in [-0.2, 0) is 10.0 Å². The number of hydrogen-bond donors (Lipinski definition) is 2. The largest absolute Gasteiger partial charge is 0.495 e. The van der Waals surface area contributed by atoms with Gasteiger partial charge < -0.3 is 15.4 Å². The Labute approximate surface area is 155 Å². The number of likely N-dealkylation sites (tertiary alicyclic amines) is 1. The summed E-state index contributed by atoms with van der Waals surface area (Å²) >= 11 is 0. The molecule has 0 bridgehead atoms. The third-order valence-corrected chi connectivity index (χ3v) is 6.18. The highest BCUT2D eigenvalue weighted by molar-refractivity contribution is 7.89. The van der Waals surface area contributed by atoms with Crippen molar-refractivity contribution in [1.29, 1.82) is 0 Å². The molecule has 1 aliphatic rings. The molecule has 1 aromatic carbocycles. The van der Waals surface area contributed by atoms with Crippen LogP contribution in [0.5, 0.6) is 5.75 Å². The lowest BCUT2D eigenvalue weighted by Crippen LogP contribution is -2.40. The van der Waals surface area contributed by atoms with Crippen molar-refractivity contribution < 1.29 is 17.9 Å². The maximum absolute atomic E-state index is 12.9. The number of hydrogen-bond acceptors (Lipinski definition) is 5. The van der Waals surface area contributed by atoms with Crippen molar-refractivity contribution in [3.05, 3.63) is 23.8 Å². The van der Waals surface area contributed by atoms with E-state index in [2.05, 4.69) is 4.72 Å². The molecular weight excluding hydrogens is 354 g/mol. The molecule has 1 fully saturated rings. The van der Waals surface area contributed by atoms with Crippen LogP contribution in [0.2, 0.25) is 0 Å². The predicted octanol–water partition coefficient (Wildman–Crippen LogP) is 1.58. The molecule has 26 heavy (non-hydrogen) atoms. The Morgan fingerprint density at radius 2 is 2.04 bits per heavy atom. The van der Waals surface area contributed by atoms with E-state index in [4.69, 9.17) is 10.5 Å². The number of methoxy groups -OCH3 is 1. The van der Waals surface area contributed by atoms with Crippen LogP contribution in [-0.4, -0.2) is 51.0 Å². The number of nitrogens with zero attached hydrogens (tertiary/aromatic N) is 1. The van der Waals surface area contributed by atoms with Gasteiger partial charge in [0.1, 0.15) is 10.6 Å². The van der Waals surface area contributed by atoms with Crippen molar-refractivity contribution in [2.75, 3.05) is 20.2 Å². The van der Waals surface area contributed by atoms with E-state index in [0.29, 0.717) is 18.7 Å². The number of nitrogens with one attached hydrogen (secondary N) is 1. The summed E-state index contributed by atoms with van der Waals surface area (Å²) in [7, 11) is -2.43. The predicted molar refractivity (Wildman–Crippen MR) is 101 cm³/mol. The van der Waals surface area contributed by atoms with Crippen LogP contribution >= 0.6 is 0 Å². The minimum atomic E-state index is -3.83. The number of carbonyl (C=O) groups is 1. The molecule has 3 N–H and O–H groups in total. The summed E-state index contributed by atoms with van der Waals surface area (Å²) < 4.78 is 33.3. The van der Waals surface area contributed by atoms with Crippen molar-refractivity contribution in [3.8, 4) is 5.75 Å². The molecule has 2 atom stereocenters. The minimum absolute atomic E-state index is 0.0389. The Morgan fingerprint density at radius 1 is 1.38 bits per heavy atom. The molecule has 1 aliphatic heterocycles. The number of nitrogens with two attached hydrogens (primary N) is 1. The van der Waals surface area contributed by atoms with Gasteiger partial charge in [-0.3, -0.25) is 4.79 Å². The normalized spacial score (nSPS) is 21.1. The summed E-state index contributed by atoms with van der Waals surface area (Å²) in [5.74, 6) is 0.286. The second kappa shape index (κ2) is 7.54. The van der Waals surface area contributed by atoms with Gasteiger partial charge >= 0.3 is 0 Å². The monoisotopic (exact) mass is 383 g/mol. The second-order valence-corrected chi connectivity index (χ2v) is 9.52. The van der Waals surface area contributed by atoms with Gasteiger partial charge in [0.05, 0.1) is 7.11 Å². The molecule has 2 unspecified atom stereocenters. The number of ether oxygens (including phenoxy) is 1. The molecule has 0 radical (unpaired) electrons. The highest BCUT2D eigenvalue weighted by atomic mass is 32.2. The molecule has 0 spiro atoms. The lowest BCUT2D eigenvalue weighted by atomic mass is 10.1. The molecular formula is C18H29N3O4S. The average Bonchev–Trinajstić information content (AvgIpc) is 2.92. The molecule has 146 valence electrons. The third-order valence-electron chi connectivity index (χ3n) is 4.40. The van der Waals surface area contributed by atoms with E-state index in [1.807, 2.05) is 6.92 Å². The van der Waals surface area contributed by atoms with Gasteiger partial charge in [-0.1, -0.05) is 0 Å². The molecule has 1 aromatic rings. The molecule has 0 aromatic heterocycles. The molecule has 1 amide bonds. The smallest absolute Gasteiger partial charge is 0.254 e. The summed E-state index contributed by atoms with van der Waals surface area (Å²) in [6.45, 7) is 8.37. The van der Waals surface area contributed by atoms with Crippen LogP contribution in [0.1, 0.15) is 44.5 Å². The van der Waals surface area contributed by atoms with E-state index in [9.17, 15) is 13.2 Å². The first-order valence-corrected chi connectivity index (χ1v) is 10.2. The summed E-state index contributed by atoms with van der Waals surface area (Å²) in [4.78, 5) is 14.6.